The lowest BCUT2D eigenvalue weighted by Crippen LogP contribution is -2.14. The van der Waals surface area contributed by atoms with E-state index in [1.165, 1.54) is 120 Å². The van der Waals surface area contributed by atoms with Crippen molar-refractivity contribution in [1.29, 1.82) is 0 Å². The highest BCUT2D eigenvalue weighted by Gasteiger charge is 2.35. The molecule has 57 heavy (non-hydrogen) atoms. The third-order valence-corrected chi connectivity index (χ3v) is 13.0. The maximum atomic E-state index is 2.47. The number of rotatable bonds is 3. The summed E-state index contributed by atoms with van der Waals surface area (Å²) in [6, 6.07) is 72.7. The maximum Gasteiger partial charge on any atom is 0.0159 e. The van der Waals surface area contributed by atoms with Crippen LogP contribution in [0.4, 0.5) is 0 Å². The minimum absolute atomic E-state index is 0.0473. The Hall–Kier alpha value is -7.02. The van der Waals surface area contributed by atoms with Gasteiger partial charge in [-0.2, -0.15) is 0 Å². The first-order valence-corrected chi connectivity index (χ1v) is 20.1. The van der Waals surface area contributed by atoms with Crippen molar-refractivity contribution in [2.75, 3.05) is 0 Å². The molecule has 0 fully saturated rings. The van der Waals surface area contributed by atoms with Crippen molar-refractivity contribution >= 4 is 64.6 Å². The molecule has 12 rings (SSSR count). The van der Waals surface area contributed by atoms with Crippen LogP contribution >= 0.6 is 0 Å². The van der Waals surface area contributed by atoms with Crippen LogP contribution in [0, 0.1) is 0 Å². The lowest BCUT2D eigenvalue weighted by molar-refractivity contribution is 0.660. The summed E-state index contributed by atoms with van der Waals surface area (Å²) in [6.07, 6.45) is 0. The molecule has 11 aromatic rings. The van der Waals surface area contributed by atoms with Gasteiger partial charge in [0, 0.05) is 5.41 Å². The fraction of sp³-hybridized carbons (Fsp3) is 0.0526. The van der Waals surface area contributed by atoms with Gasteiger partial charge in [0.05, 0.1) is 0 Å². The molecule has 0 saturated heterocycles. The minimum Gasteiger partial charge on any atom is -0.0622 e. The van der Waals surface area contributed by atoms with Gasteiger partial charge in [0.25, 0.3) is 0 Å². The van der Waals surface area contributed by atoms with Gasteiger partial charge in [-0.15, -0.1) is 0 Å². The zero-order chi connectivity index (χ0) is 37.8. The smallest absolute Gasteiger partial charge is 0.0159 e. The highest BCUT2D eigenvalue weighted by atomic mass is 14.4. The highest BCUT2D eigenvalue weighted by Crippen LogP contribution is 2.51. The van der Waals surface area contributed by atoms with Gasteiger partial charge in [0.15, 0.2) is 0 Å². The van der Waals surface area contributed by atoms with Gasteiger partial charge < -0.3 is 0 Å². The van der Waals surface area contributed by atoms with E-state index in [4.69, 9.17) is 0 Å². The Bertz CT molecular complexity index is 3470. The summed E-state index contributed by atoms with van der Waals surface area (Å²) in [5, 5.41) is 15.5. The second-order valence-electron chi connectivity index (χ2n) is 16.4. The van der Waals surface area contributed by atoms with E-state index in [1.54, 1.807) is 0 Å². The molecule has 266 valence electrons. The van der Waals surface area contributed by atoms with Gasteiger partial charge >= 0.3 is 0 Å². The van der Waals surface area contributed by atoms with Crippen molar-refractivity contribution in [3.8, 4) is 44.5 Å². The minimum atomic E-state index is -0.0473. The molecule has 0 bridgehead atoms. The van der Waals surface area contributed by atoms with E-state index in [0.29, 0.717) is 0 Å². The Morgan fingerprint density at radius 1 is 0.246 bits per heavy atom. The van der Waals surface area contributed by atoms with Crippen molar-refractivity contribution in [3.63, 3.8) is 0 Å². The average Bonchev–Trinajstić information content (AvgIpc) is 3.51. The summed E-state index contributed by atoms with van der Waals surface area (Å²) in [5.74, 6) is 0. The number of hydrogen-bond acceptors (Lipinski definition) is 0. The van der Waals surface area contributed by atoms with Crippen LogP contribution in [0.3, 0.4) is 0 Å². The van der Waals surface area contributed by atoms with Gasteiger partial charge in [0.1, 0.15) is 0 Å². The standard InChI is InChI=1S/C57H38/c1-57(2)53-23-13-12-20-47(53)48-29-26-38(34-54(48)57)40-31-30-39(41-16-6-7-17-42(40)41)37-25-28-46-45-27-24-36(35-14-4-3-5-15-35)32-51(45)55-49-21-10-8-18-43(49)44-19-9-11-22-50(44)56(55)52(46)33-37/h3-34H,1-2H3. The first kappa shape index (κ1) is 32.2. The zero-order valence-corrected chi connectivity index (χ0v) is 32.0. The van der Waals surface area contributed by atoms with Crippen LogP contribution in [0.25, 0.3) is 109 Å². The van der Waals surface area contributed by atoms with E-state index in [9.17, 15) is 0 Å². The molecule has 1 aliphatic rings. The molecule has 0 unspecified atom stereocenters. The molecule has 0 saturated carbocycles. The van der Waals surface area contributed by atoms with E-state index in [-0.39, 0.29) is 5.41 Å². The Balaban J connectivity index is 1.11. The van der Waals surface area contributed by atoms with Crippen molar-refractivity contribution in [2.45, 2.75) is 19.3 Å². The van der Waals surface area contributed by atoms with E-state index >= 15 is 0 Å². The Labute approximate surface area is 332 Å². The molecule has 0 heteroatoms. The van der Waals surface area contributed by atoms with Crippen molar-refractivity contribution in [2.24, 2.45) is 0 Å². The zero-order valence-electron chi connectivity index (χ0n) is 32.0. The van der Waals surface area contributed by atoms with Crippen molar-refractivity contribution < 1.29 is 0 Å². The van der Waals surface area contributed by atoms with Gasteiger partial charge in [-0.05, 0) is 138 Å². The molecule has 0 radical (unpaired) electrons. The number of benzene rings is 11. The lowest BCUT2D eigenvalue weighted by Gasteiger charge is -2.22. The summed E-state index contributed by atoms with van der Waals surface area (Å²) < 4.78 is 0. The van der Waals surface area contributed by atoms with Crippen LogP contribution in [0.1, 0.15) is 25.0 Å². The quantitative estimate of drug-likeness (QED) is 0.159. The van der Waals surface area contributed by atoms with E-state index in [0.717, 1.165) is 0 Å². The SMILES string of the molecule is CC1(C)c2ccccc2-c2ccc(-c3ccc(-c4ccc5c6ccc(-c7ccccc7)cc6c6c7ccccc7c7ccccc7c6c5c4)c4ccccc34)cc21. The molecule has 1 aliphatic carbocycles. The third-order valence-electron chi connectivity index (χ3n) is 13.0. The molecule has 11 aromatic carbocycles. The fourth-order valence-corrected chi connectivity index (χ4v) is 10.3. The lowest BCUT2D eigenvalue weighted by atomic mass is 9.81. The second-order valence-corrected chi connectivity index (χ2v) is 16.4. The van der Waals surface area contributed by atoms with Crippen LogP contribution in [0.2, 0.25) is 0 Å². The molecule has 0 atom stereocenters. The van der Waals surface area contributed by atoms with Crippen LogP contribution in [0.5, 0.6) is 0 Å². The molecule has 0 N–H and O–H groups in total. The van der Waals surface area contributed by atoms with Crippen LogP contribution in [-0.4, -0.2) is 0 Å². The van der Waals surface area contributed by atoms with E-state index in [2.05, 4.69) is 208 Å². The number of hydrogen-bond donors (Lipinski definition) is 0. The first-order chi connectivity index (χ1) is 28.0. The van der Waals surface area contributed by atoms with Crippen molar-refractivity contribution in [1.82, 2.24) is 0 Å². The van der Waals surface area contributed by atoms with Gasteiger partial charge in [-0.3, -0.25) is 0 Å². The largest absolute Gasteiger partial charge is 0.0622 e. The summed E-state index contributed by atoms with van der Waals surface area (Å²) in [5.41, 5.74) is 13.0. The predicted molar refractivity (Wildman–Crippen MR) is 245 cm³/mol. The Kier molecular flexibility index (Phi) is 6.78. The summed E-state index contributed by atoms with van der Waals surface area (Å²) in [6.45, 7) is 4.73. The summed E-state index contributed by atoms with van der Waals surface area (Å²) in [4.78, 5) is 0. The molecular formula is C57H38. The topological polar surface area (TPSA) is 0 Å². The molecular weight excluding hydrogens is 685 g/mol. The maximum absolute atomic E-state index is 2.47. The van der Waals surface area contributed by atoms with Crippen LogP contribution in [0.15, 0.2) is 194 Å². The third kappa shape index (κ3) is 4.62. The average molecular weight is 723 g/mol. The Morgan fingerprint density at radius 3 is 1.30 bits per heavy atom. The van der Waals surface area contributed by atoms with Crippen molar-refractivity contribution in [3.05, 3.63) is 205 Å². The summed E-state index contributed by atoms with van der Waals surface area (Å²) in [7, 11) is 0. The first-order valence-electron chi connectivity index (χ1n) is 20.1. The monoisotopic (exact) mass is 722 g/mol. The van der Waals surface area contributed by atoms with Gasteiger partial charge in [0.2, 0.25) is 0 Å². The molecule has 0 amide bonds. The van der Waals surface area contributed by atoms with Gasteiger partial charge in [-0.25, -0.2) is 0 Å². The molecule has 0 heterocycles. The van der Waals surface area contributed by atoms with E-state index < -0.39 is 0 Å². The van der Waals surface area contributed by atoms with Crippen LogP contribution in [-0.2, 0) is 5.41 Å². The normalized spacial score (nSPS) is 13.2. The van der Waals surface area contributed by atoms with E-state index in [1.807, 2.05) is 0 Å². The second kappa shape index (κ2) is 12.0. The molecule has 0 aliphatic heterocycles. The Morgan fingerprint density at radius 2 is 0.667 bits per heavy atom. The molecule has 0 aromatic heterocycles. The molecule has 0 nitrogen and oxygen atoms in total. The predicted octanol–water partition coefficient (Wildman–Crippen LogP) is 15.9. The number of fused-ring (bicyclic) bond motifs is 15. The fourth-order valence-electron chi connectivity index (χ4n) is 10.3. The van der Waals surface area contributed by atoms with Gasteiger partial charge in [-0.1, -0.05) is 190 Å². The highest BCUT2D eigenvalue weighted by molar-refractivity contribution is 6.40. The molecule has 0 spiro atoms. The van der Waals surface area contributed by atoms with Crippen LogP contribution < -0.4 is 0 Å². The summed E-state index contributed by atoms with van der Waals surface area (Å²) >= 11 is 0.